The van der Waals surface area contributed by atoms with E-state index in [0.29, 0.717) is 0 Å². The highest BCUT2D eigenvalue weighted by Gasteiger charge is 2.37. The Bertz CT molecular complexity index is 182. The van der Waals surface area contributed by atoms with E-state index in [1.807, 2.05) is 0 Å². The highest BCUT2D eigenvalue weighted by molar-refractivity contribution is 5.85. The van der Waals surface area contributed by atoms with E-state index < -0.39 is 12.2 Å². The minimum absolute atomic E-state index is 0. The summed E-state index contributed by atoms with van der Waals surface area (Å²) in [5.74, 6) is 0. The molecule has 1 fully saturated rings. The lowest BCUT2D eigenvalue weighted by Gasteiger charge is -2.30. The number of rotatable bonds is 2. The van der Waals surface area contributed by atoms with Gasteiger partial charge in [-0.25, -0.2) is 0 Å². The summed E-state index contributed by atoms with van der Waals surface area (Å²) >= 11 is 0. The van der Waals surface area contributed by atoms with E-state index in [4.69, 9.17) is 5.73 Å². The van der Waals surface area contributed by atoms with Crippen molar-refractivity contribution in [2.45, 2.75) is 56.9 Å². The van der Waals surface area contributed by atoms with Crippen molar-refractivity contribution < 1.29 is 13.2 Å². The maximum absolute atomic E-state index is 12.2. The number of halogens is 5. The number of hydrogen-bond acceptors (Lipinski definition) is 2. The Morgan fingerprint density at radius 3 is 1.94 bits per heavy atom. The lowest BCUT2D eigenvalue weighted by atomic mass is 9.91. The Morgan fingerprint density at radius 1 is 1.12 bits per heavy atom. The number of nitrogens with two attached hydrogens (primary N) is 1. The van der Waals surface area contributed by atoms with Gasteiger partial charge in [-0.3, -0.25) is 0 Å². The second kappa shape index (κ2) is 7.58. The van der Waals surface area contributed by atoms with Crippen LogP contribution in [0.15, 0.2) is 0 Å². The first-order chi connectivity index (χ1) is 6.39. The monoisotopic (exact) mass is 282 g/mol. The van der Waals surface area contributed by atoms with Gasteiger partial charge in [-0.1, -0.05) is 0 Å². The number of alkyl halides is 3. The molecule has 0 radical (unpaired) electrons. The van der Waals surface area contributed by atoms with Crippen LogP contribution in [0, 0.1) is 0 Å². The van der Waals surface area contributed by atoms with Crippen LogP contribution in [0.2, 0.25) is 0 Å². The second-order valence-corrected chi connectivity index (χ2v) is 4.04. The van der Waals surface area contributed by atoms with Crippen LogP contribution in [-0.4, -0.2) is 24.3 Å². The molecular formula is C9H19Cl2F3N2. The molecule has 0 spiro atoms. The zero-order valence-electron chi connectivity index (χ0n) is 9.09. The van der Waals surface area contributed by atoms with E-state index in [1.54, 1.807) is 0 Å². The van der Waals surface area contributed by atoms with Crippen LogP contribution >= 0.6 is 24.8 Å². The van der Waals surface area contributed by atoms with Crippen molar-refractivity contribution in [1.29, 1.82) is 0 Å². The summed E-state index contributed by atoms with van der Waals surface area (Å²) in [4.78, 5) is 0. The van der Waals surface area contributed by atoms with Crippen molar-refractivity contribution in [2.75, 3.05) is 0 Å². The van der Waals surface area contributed by atoms with Gasteiger partial charge in [0.1, 0.15) is 6.04 Å². The maximum Gasteiger partial charge on any atom is 0.403 e. The first-order valence-corrected chi connectivity index (χ1v) is 4.98. The summed E-state index contributed by atoms with van der Waals surface area (Å²) in [7, 11) is 0. The molecule has 1 aliphatic carbocycles. The summed E-state index contributed by atoms with van der Waals surface area (Å²) in [6.07, 6.45) is -0.993. The fourth-order valence-electron chi connectivity index (χ4n) is 1.73. The number of nitrogens with one attached hydrogen (secondary N) is 1. The van der Waals surface area contributed by atoms with Crippen LogP contribution in [0.4, 0.5) is 13.2 Å². The van der Waals surface area contributed by atoms with Crippen LogP contribution in [-0.2, 0) is 0 Å². The largest absolute Gasteiger partial charge is 0.403 e. The molecule has 0 aliphatic heterocycles. The van der Waals surface area contributed by atoms with E-state index in [1.165, 1.54) is 0 Å². The van der Waals surface area contributed by atoms with Crippen LogP contribution in [0.5, 0.6) is 0 Å². The van der Waals surface area contributed by atoms with Crippen LogP contribution in [0.25, 0.3) is 0 Å². The van der Waals surface area contributed by atoms with Crippen molar-refractivity contribution >= 4 is 24.8 Å². The first-order valence-electron chi connectivity index (χ1n) is 4.98. The Morgan fingerprint density at radius 2 is 1.56 bits per heavy atom. The van der Waals surface area contributed by atoms with Gasteiger partial charge < -0.3 is 11.1 Å². The normalized spacial score (nSPS) is 27.6. The average Bonchev–Trinajstić information content (AvgIpc) is 2.07. The molecule has 0 aromatic rings. The Balaban J connectivity index is 0. The van der Waals surface area contributed by atoms with Crippen LogP contribution in [0.1, 0.15) is 32.6 Å². The van der Waals surface area contributed by atoms with Gasteiger partial charge in [0, 0.05) is 12.1 Å². The van der Waals surface area contributed by atoms with Crippen molar-refractivity contribution in [3.63, 3.8) is 0 Å². The Labute approximate surface area is 106 Å². The molecule has 2 nitrogen and oxygen atoms in total. The van der Waals surface area contributed by atoms with Gasteiger partial charge in [-0.15, -0.1) is 24.8 Å². The zero-order valence-corrected chi connectivity index (χ0v) is 10.7. The molecule has 0 saturated heterocycles. The highest BCUT2D eigenvalue weighted by Crippen LogP contribution is 2.23. The third-order valence-corrected chi connectivity index (χ3v) is 2.75. The molecule has 1 atom stereocenters. The molecule has 0 bridgehead atoms. The van der Waals surface area contributed by atoms with Gasteiger partial charge in [0.25, 0.3) is 0 Å². The molecule has 16 heavy (non-hydrogen) atoms. The Hall–Kier alpha value is 0.290. The van der Waals surface area contributed by atoms with E-state index in [2.05, 4.69) is 5.32 Å². The Kier molecular flexibility index (Phi) is 8.84. The van der Waals surface area contributed by atoms with Gasteiger partial charge in [-0.05, 0) is 32.6 Å². The first kappa shape index (κ1) is 18.6. The maximum atomic E-state index is 12.2. The fraction of sp³-hybridized carbons (Fsp3) is 1.00. The summed E-state index contributed by atoms with van der Waals surface area (Å²) in [5, 5.41) is 2.60. The quantitative estimate of drug-likeness (QED) is 0.817. The van der Waals surface area contributed by atoms with Crippen molar-refractivity contribution in [2.24, 2.45) is 5.73 Å². The highest BCUT2D eigenvalue weighted by atomic mass is 35.5. The minimum atomic E-state index is -4.14. The third kappa shape index (κ3) is 6.13. The smallest absolute Gasteiger partial charge is 0.328 e. The summed E-state index contributed by atoms with van der Waals surface area (Å²) in [6.45, 7) is 1.16. The predicted octanol–water partition coefficient (Wildman–Crippen LogP) is 2.64. The van der Waals surface area contributed by atoms with E-state index in [0.717, 1.165) is 32.6 Å². The van der Waals surface area contributed by atoms with Crippen molar-refractivity contribution in [1.82, 2.24) is 5.32 Å². The molecule has 3 N–H and O–H groups in total. The van der Waals surface area contributed by atoms with E-state index >= 15 is 0 Å². The summed E-state index contributed by atoms with van der Waals surface area (Å²) in [5.41, 5.74) is 5.66. The minimum Gasteiger partial charge on any atom is -0.328 e. The molecule has 0 aromatic heterocycles. The van der Waals surface area contributed by atoms with Crippen LogP contribution < -0.4 is 11.1 Å². The van der Waals surface area contributed by atoms with Crippen LogP contribution in [0.3, 0.4) is 0 Å². The van der Waals surface area contributed by atoms with Gasteiger partial charge in [0.2, 0.25) is 0 Å². The molecular weight excluding hydrogens is 264 g/mol. The van der Waals surface area contributed by atoms with Gasteiger partial charge >= 0.3 is 6.18 Å². The molecule has 1 aliphatic rings. The molecule has 7 heteroatoms. The van der Waals surface area contributed by atoms with E-state index in [-0.39, 0.29) is 36.9 Å². The summed E-state index contributed by atoms with van der Waals surface area (Å²) < 4.78 is 36.6. The molecule has 100 valence electrons. The second-order valence-electron chi connectivity index (χ2n) is 4.04. The number of hydrogen-bond donors (Lipinski definition) is 2. The van der Waals surface area contributed by atoms with Gasteiger partial charge in [-0.2, -0.15) is 13.2 Å². The third-order valence-electron chi connectivity index (χ3n) is 2.75. The molecule has 1 saturated carbocycles. The SMILES string of the molecule is CC(N[C@H]1CC[C@H](N)CC1)C(F)(F)F.Cl.Cl. The molecule has 0 heterocycles. The topological polar surface area (TPSA) is 38.0 Å². The molecule has 0 amide bonds. The van der Waals surface area contributed by atoms with Gasteiger partial charge in [0.05, 0.1) is 0 Å². The summed E-state index contributed by atoms with van der Waals surface area (Å²) in [6, 6.07) is -1.26. The lowest BCUT2D eigenvalue weighted by Crippen LogP contribution is -2.47. The van der Waals surface area contributed by atoms with Crippen molar-refractivity contribution in [3.8, 4) is 0 Å². The van der Waals surface area contributed by atoms with Crippen molar-refractivity contribution in [3.05, 3.63) is 0 Å². The van der Waals surface area contributed by atoms with Gasteiger partial charge in [0.15, 0.2) is 0 Å². The average molecular weight is 283 g/mol. The zero-order chi connectivity index (χ0) is 10.8. The predicted molar refractivity (Wildman–Crippen MR) is 63.4 cm³/mol. The fourth-order valence-corrected chi connectivity index (χ4v) is 1.73. The molecule has 1 unspecified atom stereocenters. The lowest BCUT2D eigenvalue weighted by molar-refractivity contribution is -0.153. The van der Waals surface area contributed by atoms with E-state index in [9.17, 15) is 13.2 Å². The standard InChI is InChI=1S/C9H17F3N2.2ClH/c1-6(9(10,11)12)14-8-4-2-7(13)3-5-8;;/h6-8,14H,2-5,13H2,1H3;2*1H/t6?,7-,8-;;. The molecule has 1 rings (SSSR count). The molecule has 0 aromatic carbocycles.